The third-order valence-electron chi connectivity index (χ3n) is 5.15. The summed E-state index contributed by atoms with van der Waals surface area (Å²) in [5.41, 5.74) is 2.81. The van der Waals surface area contributed by atoms with E-state index in [2.05, 4.69) is 34.3 Å². The first-order valence-corrected chi connectivity index (χ1v) is 12.0. The highest BCUT2D eigenvalue weighted by Gasteiger charge is 2.16. The van der Waals surface area contributed by atoms with E-state index in [4.69, 9.17) is 4.74 Å². The molecule has 3 rings (SSSR count). The Bertz CT molecular complexity index is 1050. The molecule has 6 nitrogen and oxygen atoms in total. The van der Waals surface area contributed by atoms with Crippen molar-refractivity contribution < 1.29 is 17.9 Å². The van der Waals surface area contributed by atoms with Crippen LogP contribution in [-0.4, -0.2) is 41.1 Å². The number of methoxy groups -OCH3 is 1. The molecule has 0 fully saturated rings. The van der Waals surface area contributed by atoms with E-state index in [0.29, 0.717) is 12.1 Å². The minimum atomic E-state index is -3.63. The number of rotatable bonds is 11. The molecule has 0 saturated heterocycles. The van der Waals surface area contributed by atoms with Crippen LogP contribution in [0.2, 0.25) is 0 Å². The predicted octanol–water partition coefficient (Wildman–Crippen LogP) is 3.56. The Balaban J connectivity index is 1.61. The minimum absolute atomic E-state index is 0.110. The van der Waals surface area contributed by atoms with E-state index in [1.807, 2.05) is 36.4 Å². The van der Waals surface area contributed by atoms with Crippen molar-refractivity contribution in [3.05, 3.63) is 102 Å². The Kier molecular flexibility index (Phi) is 8.56. The molecule has 0 unspecified atom stereocenters. The highest BCUT2D eigenvalue weighted by molar-refractivity contribution is 7.89. The maximum atomic E-state index is 12.6. The maximum Gasteiger partial charge on any atom is 0.251 e. The van der Waals surface area contributed by atoms with Gasteiger partial charge < -0.3 is 10.1 Å². The van der Waals surface area contributed by atoms with Crippen LogP contribution in [-0.2, 0) is 14.8 Å². The summed E-state index contributed by atoms with van der Waals surface area (Å²) in [6.45, 7) is 0.962. The molecule has 0 radical (unpaired) electrons. The van der Waals surface area contributed by atoms with Crippen LogP contribution >= 0.6 is 0 Å². The summed E-state index contributed by atoms with van der Waals surface area (Å²) < 4.78 is 31.8. The molecular weight excluding hydrogens is 424 g/mol. The van der Waals surface area contributed by atoms with Crippen LogP contribution in [0.5, 0.6) is 0 Å². The highest BCUT2D eigenvalue weighted by Crippen LogP contribution is 2.27. The number of benzene rings is 3. The van der Waals surface area contributed by atoms with Crippen LogP contribution in [0.25, 0.3) is 0 Å². The van der Waals surface area contributed by atoms with Crippen molar-refractivity contribution in [1.82, 2.24) is 10.0 Å². The third-order valence-corrected chi connectivity index (χ3v) is 6.62. The topological polar surface area (TPSA) is 84.5 Å². The largest absolute Gasteiger partial charge is 0.383 e. The van der Waals surface area contributed by atoms with E-state index in [9.17, 15) is 13.2 Å². The molecule has 7 heteroatoms. The zero-order valence-electron chi connectivity index (χ0n) is 18.0. The first kappa shape index (κ1) is 23.7. The molecule has 0 bridgehead atoms. The zero-order valence-corrected chi connectivity index (χ0v) is 18.8. The average Bonchev–Trinajstić information content (AvgIpc) is 2.83. The van der Waals surface area contributed by atoms with Crippen LogP contribution in [0, 0.1) is 0 Å². The van der Waals surface area contributed by atoms with Crippen LogP contribution < -0.4 is 10.0 Å². The molecule has 3 aromatic carbocycles. The standard InChI is InChI=1S/C25H28N2O4S/c1-31-19-18-27-32(29,30)23-14-12-22(13-15-23)25(28)26-17-16-24(20-8-4-2-5-9-20)21-10-6-3-7-11-21/h2-15,24,27H,16-19H2,1H3,(H,26,28). The third kappa shape index (κ3) is 6.50. The number of sulfonamides is 1. The Morgan fingerprint density at radius 3 is 1.94 bits per heavy atom. The van der Waals surface area contributed by atoms with Crippen molar-refractivity contribution in [2.75, 3.05) is 26.8 Å². The van der Waals surface area contributed by atoms with Crippen LogP contribution in [0.1, 0.15) is 33.8 Å². The van der Waals surface area contributed by atoms with E-state index in [1.165, 1.54) is 42.5 Å². The molecule has 0 atom stereocenters. The smallest absolute Gasteiger partial charge is 0.251 e. The van der Waals surface area contributed by atoms with Crippen molar-refractivity contribution in [2.24, 2.45) is 0 Å². The second-order valence-electron chi connectivity index (χ2n) is 7.33. The fraction of sp³-hybridized carbons (Fsp3) is 0.240. The quantitative estimate of drug-likeness (QED) is 0.436. The van der Waals surface area contributed by atoms with Gasteiger partial charge in [0.25, 0.3) is 5.91 Å². The molecule has 1 amide bonds. The fourth-order valence-electron chi connectivity index (χ4n) is 3.48. The van der Waals surface area contributed by atoms with E-state index in [1.54, 1.807) is 0 Å². The number of amides is 1. The average molecular weight is 453 g/mol. The van der Waals surface area contributed by atoms with Crippen LogP contribution in [0.3, 0.4) is 0 Å². The predicted molar refractivity (Wildman–Crippen MR) is 125 cm³/mol. The Labute approximate surface area is 189 Å². The summed E-state index contributed by atoms with van der Waals surface area (Å²) in [5.74, 6) is -0.0652. The van der Waals surface area contributed by atoms with Gasteiger partial charge in [0.05, 0.1) is 11.5 Å². The number of nitrogens with one attached hydrogen (secondary N) is 2. The van der Waals surface area contributed by atoms with Gasteiger partial charge >= 0.3 is 0 Å². The first-order valence-electron chi connectivity index (χ1n) is 10.5. The molecule has 0 saturated carbocycles. The van der Waals surface area contributed by atoms with Gasteiger partial charge in [0, 0.05) is 31.7 Å². The highest BCUT2D eigenvalue weighted by atomic mass is 32.2. The van der Waals surface area contributed by atoms with Gasteiger partial charge in [-0.1, -0.05) is 60.7 Å². The van der Waals surface area contributed by atoms with Gasteiger partial charge in [-0.3, -0.25) is 4.79 Å². The van der Waals surface area contributed by atoms with Crippen LogP contribution in [0.4, 0.5) is 0 Å². The molecule has 168 valence electrons. The van der Waals surface area contributed by atoms with Gasteiger partial charge in [0.1, 0.15) is 0 Å². The number of ether oxygens (including phenoxy) is 1. The summed E-state index contributed by atoms with van der Waals surface area (Å²) in [6, 6.07) is 26.3. The van der Waals surface area contributed by atoms with Gasteiger partial charge in [-0.2, -0.15) is 0 Å². The second kappa shape index (κ2) is 11.6. The lowest BCUT2D eigenvalue weighted by Crippen LogP contribution is -2.28. The number of hydrogen-bond acceptors (Lipinski definition) is 4. The van der Waals surface area contributed by atoms with E-state index >= 15 is 0 Å². The molecule has 32 heavy (non-hydrogen) atoms. The Hall–Kier alpha value is -3.00. The number of hydrogen-bond donors (Lipinski definition) is 2. The second-order valence-corrected chi connectivity index (χ2v) is 9.10. The molecule has 2 N–H and O–H groups in total. The molecule has 0 aromatic heterocycles. The molecular formula is C25H28N2O4S. The van der Waals surface area contributed by atoms with Gasteiger partial charge in [0.2, 0.25) is 10.0 Å². The van der Waals surface area contributed by atoms with Crippen molar-refractivity contribution >= 4 is 15.9 Å². The van der Waals surface area contributed by atoms with Crippen molar-refractivity contribution in [2.45, 2.75) is 17.2 Å². The Morgan fingerprint density at radius 1 is 0.844 bits per heavy atom. The minimum Gasteiger partial charge on any atom is -0.383 e. The number of carbonyl (C=O) groups is 1. The van der Waals surface area contributed by atoms with Gasteiger partial charge in [0.15, 0.2) is 0 Å². The van der Waals surface area contributed by atoms with Crippen molar-refractivity contribution in [1.29, 1.82) is 0 Å². The van der Waals surface area contributed by atoms with Crippen LogP contribution in [0.15, 0.2) is 89.8 Å². The van der Waals surface area contributed by atoms with E-state index in [0.717, 1.165) is 6.42 Å². The van der Waals surface area contributed by atoms with Crippen molar-refractivity contribution in [3.8, 4) is 0 Å². The lowest BCUT2D eigenvalue weighted by atomic mass is 9.88. The van der Waals surface area contributed by atoms with Gasteiger partial charge in [-0.25, -0.2) is 13.1 Å². The normalized spacial score (nSPS) is 11.4. The molecule has 0 aliphatic heterocycles. The molecule has 3 aromatic rings. The summed E-state index contributed by atoms with van der Waals surface area (Å²) in [4.78, 5) is 12.7. The summed E-state index contributed by atoms with van der Waals surface area (Å²) in [5, 5.41) is 2.95. The summed E-state index contributed by atoms with van der Waals surface area (Å²) in [6.07, 6.45) is 0.746. The monoisotopic (exact) mass is 452 g/mol. The SMILES string of the molecule is COCCNS(=O)(=O)c1ccc(C(=O)NCCC(c2ccccc2)c2ccccc2)cc1. The lowest BCUT2D eigenvalue weighted by Gasteiger charge is -2.18. The van der Waals surface area contributed by atoms with E-state index in [-0.39, 0.29) is 29.9 Å². The Morgan fingerprint density at radius 2 is 1.41 bits per heavy atom. The number of carbonyl (C=O) groups excluding carboxylic acids is 1. The first-order chi connectivity index (χ1) is 15.5. The molecule has 0 aliphatic carbocycles. The molecule has 0 heterocycles. The summed E-state index contributed by atoms with van der Waals surface area (Å²) >= 11 is 0. The van der Waals surface area contributed by atoms with Gasteiger partial charge in [-0.15, -0.1) is 0 Å². The lowest BCUT2D eigenvalue weighted by molar-refractivity contribution is 0.0952. The molecule has 0 aliphatic rings. The zero-order chi connectivity index (χ0) is 22.8. The fourth-order valence-corrected chi connectivity index (χ4v) is 4.49. The maximum absolute atomic E-state index is 12.6. The van der Waals surface area contributed by atoms with E-state index < -0.39 is 10.0 Å². The summed E-state index contributed by atoms with van der Waals surface area (Å²) in [7, 11) is -2.12. The van der Waals surface area contributed by atoms with Crippen molar-refractivity contribution in [3.63, 3.8) is 0 Å². The molecule has 0 spiro atoms. The van der Waals surface area contributed by atoms with Gasteiger partial charge in [-0.05, 0) is 41.8 Å².